The van der Waals surface area contributed by atoms with Crippen LogP contribution < -0.4 is 15.0 Å². The van der Waals surface area contributed by atoms with E-state index >= 15 is 0 Å². The number of methoxy groups -OCH3 is 1. The van der Waals surface area contributed by atoms with Gasteiger partial charge in [-0.15, -0.1) is 0 Å². The summed E-state index contributed by atoms with van der Waals surface area (Å²) in [6.07, 6.45) is 1.54. The maximum Gasteiger partial charge on any atom is 0.322 e. The molecule has 8 heteroatoms. The molecule has 1 aromatic heterocycles. The van der Waals surface area contributed by atoms with Gasteiger partial charge in [0.2, 0.25) is 0 Å². The minimum Gasteiger partial charge on any atom is -0.497 e. The molecule has 2 heterocycles. The molecule has 1 saturated heterocycles. The standard InChI is InChI=1S/C17H14F2N4O2/c1-25-10-5-11(18)16(12(19)6-10)15-7-20-17(24)23(15)9-2-3-13-14(4-9)22-8-21-13/h2-6,8,15H,7H2,1H3,(H,20,24)(H,21,22). The van der Waals surface area contributed by atoms with Crippen molar-refractivity contribution in [2.75, 3.05) is 18.6 Å². The molecule has 1 aliphatic heterocycles. The second kappa shape index (κ2) is 5.73. The predicted molar refractivity (Wildman–Crippen MR) is 87.6 cm³/mol. The number of imidazole rings is 1. The number of rotatable bonds is 3. The molecular weight excluding hydrogens is 330 g/mol. The monoisotopic (exact) mass is 344 g/mol. The first-order valence-electron chi connectivity index (χ1n) is 7.61. The molecule has 6 nitrogen and oxygen atoms in total. The number of carbonyl (C=O) groups is 1. The number of urea groups is 1. The van der Waals surface area contributed by atoms with Gasteiger partial charge in [-0.25, -0.2) is 18.6 Å². The Hall–Kier alpha value is -3.16. The second-order valence-corrected chi connectivity index (χ2v) is 5.68. The first kappa shape index (κ1) is 15.4. The number of nitrogens with zero attached hydrogens (tertiary/aromatic N) is 2. The van der Waals surface area contributed by atoms with Gasteiger partial charge in [0.1, 0.15) is 17.4 Å². The Morgan fingerprint density at radius 2 is 2.00 bits per heavy atom. The lowest BCUT2D eigenvalue weighted by Gasteiger charge is -2.24. The lowest BCUT2D eigenvalue weighted by molar-refractivity contribution is 0.251. The van der Waals surface area contributed by atoms with Crippen molar-refractivity contribution < 1.29 is 18.3 Å². The third-order valence-corrected chi connectivity index (χ3v) is 4.28. The molecule has 1 fully saturated rings. The number of fused-ring (bicyclic) bond motifs is 1. The average molecular weight is 344 g/mol. The van der Waals surface area contributed by atoms with E-state index in [-0.39, 0.29) is 17.9 Å². The maximum atomic E-state index is 14.5. The van der Waals surface area contributed by atoms with Gasteiger partial charge in [0.15, 0.2) is 0 Å². The molecule has 2 amide bonds. The van der Waals surface area contributed by atoms with Crippen molar-refractivity contribution in [3.05, 3.63) is 53.9 Å². The van der Waals surface area contributed by atoms with Gasteiger partial charge in [-0.05, 0) is 18.2 Å². The van der Waals surface area contributed by atoms with Crippen molar-refractivity contribution in [2.45, 2.75) is 6.04 Å². The summed E-state index contributed by atoms with van der Waals surface area (Å²) in [5, 5.41) is 2.64. The SMILES string of the molecule is COc1cc(F)c(C2CNC(=O)N2c2ccc3nc[nH]c3c2)c(F)c1. The zero-order chi connectivity index (χ0) is 17.6. The van der Waals surface area contributed by atoms with E-state index < -0.39 is 23.7 Å². The van der Waals surface area contributed by atoms with E-state index in [0.29, 0.717) is 5.69 Å². The number of carbonyl (C=O) groups excluding carboxylic acids is 1. The van der Waals surface area contributed by atoms with Crippen molar-refractivity contribution in [3.8, 4) is 5.75 Å². The first-order valence-corrected chi connectivity index (χ1v) is 7.61. The van der Waals surface area contributed by atoms with Crippen LogP contribution in [0.5, 0.6) is 5.75 Å². The van der Waals surface area contributed by atoms with Crippen LogP contribution in [0.25, 0.3) is 11.0 Å². The normalized spacial score (nSPS) is 17.2. The van der Waals surface area contributed by atoms with E-state index in [1.165, 1.54) is 12.0 Å². The lowest BCUT2D eigenvalue weighted by Crippen LogP contribution is -2.30. The largest absolute Gasteiger partial charge is 0.497 e. The van der Waals surface area contributed by atoms with Crippen LogP contribution in [0.15, 0.2) is 36.7 Å². The summed E-state index contributed by atoms with van der Waals surface area (Å²) >= 11 is 0. The average Bonchev–Trinajstić information content (AvgIpc) is 3.20. The maximum absolute atomic E-state index is 14.5. The molecule has 0 spiro atoms. The minimum absolute atomic E-state index is 0.0847. The van der Waals surface area contributed by atoms with E-state index in [9.17, 15) is 13.6 Å². The number of halogens is 2. The number of aromatic amines is 1. The van der Waals surface area contributed by atoms with Crippen LogP contribution in [0.1, 0.15) is 11.6 Å². The number of ether oxygens (including phenoxy) is 1. The number of hydrogen-bond donors (Lipinski definition) is 2. The van der Waals surface area contributed by atoms with Crippen molar-refractivity contribution in [3.63, 3.8) is 0 Å². The fourth-order valence-electron chi connectivity index (χ4n) is 3.10. The first-order chi connectivity index (χ1) is 12.1. The third kappa shape index (κ3) is 2.46. The highest BCUT2D eigenvalue weighted by Gasteiger charge is 2.37. The van der Waals surface area contributed by atoms with Gasteiger partial charge >= 0.3 is 6.03 Å². The molecule has 2 aromatic carbocycles. The smallest absolute Gasteiger partial charge is 0.322 e. The van der Waals surface area contributed by atoms with E-state index in [4.69, 9.17) is 4.74 Å². The third-order valence-electron chi connectivity index (χ3n) is 4.28. The van der Waals surface area contributed by atoms with Crippen molar-refractivity contribution in [1.29, 1.82) is 0 Å². The Morgan fingerprint density at radius 1 is 1.24 bits per heavy atom. The van der Waals surface area contributed by atoms with Crippen molar-refractivity contribution in [2.24, 2.45) is 0 Å². The highest BCUT2D eigenvalue weighted by atomic mass is 19.1. The quantitative estimate of drug-likeness (QED) is 0.767. The zero-order valence-electron chi connectivity index (χ0n) is 13.2. The van der Waals surface area contributed by atoms with Crippen LogP contribution in [0.4, 0.5) is 19.3 Å². The topological polar surface area (TPSA) is 70.2 Å². The van der Waals surface area contributed by atoms with Crippen LogP contribution in [0.2, 0.25) is 0 Å². The predicted octanol–water partition coefficient (Wildman–Crippen LogP) is 3.12. The van der Waals surface area contributed by atoms with E-state index in [1.54, 1.807) is 24.5 Å². The van der Waals surface area contributed by atoms with Gasteiger partial charge in [-0.1, -0.05) is 0 Å². The summed E-state index contributed by atoms with van der Waals surface area (Å²) in [6, 6.07) is 6.15. The molecule has 0 aliphatic carbocycles. The highest BCUT2D eigenvalue weighted by Crippen LogP contribution is 2.35. The van der Waals surface area contributed by atoms with Crippen LogP contribution in [0, 0.1) is 11.6 Å². The lowest BCUT2D eigenvalue weighted by atomic mass is 10.0. The highest BCUT2D eigenvalue weighted by molar-refractivity contribution is 5.97. The number of anilines is 1. The molecule has 0 bridgehead atoms. The van der Waals surface area contributed by atoms with E-state index in [1.807, 2.05) is 0 Å². The van der Waals surface area contributed by atoms with Crippen LogP contribution in [-0.2, 0) is 0 Å². The Morgan fingerprint density at radius 3 is 2.72 bits per heavy atom. The van der Waals surface area contributed by atoms with Crippen LogP contribution in [0.3, 0.4) is 0 Å². The Balaban J connectivity index is 1.80. The molecule has 1 atom stereocenters. The van der Waals surface area contributed by atoms with Crippen molar-refractivity contribution >= 4 is 22.8 Å². The number of nitrogens with one attached hydrogen (secondary N) is 2. The minimum atomic E-state index is -0.807. The number of H-pyrrole nitrogens is 1. The molecule has 25 heavy (non-hydrogen) atoms. The summed E-state index contributed by atoms with van der Waals surface area (Å²) in [4.78, 5) is 20.7. The second-order valence-electron chi connectivity index (χ2n) is 5.68. The summed E-state index contributed by atoms with van der Waals surface area (Å²) in [5.74, 6) is -1.43. The van der Waals surface area contributed by atoms with Gasteiger partial charge in [-0.3, -0.25) is 4.90 Å². The summed E-state index contributed by atoms with van der Waals surface area (Å²) in [6.45, 7) is 0.0972. The fourth-order valence-corrected chi connectivity index (χ4v) is 3.10. The van der Waals surface area contributed by atoms with Crippen molar-refractivity contribution in [1.82, 2.24) is 15.3 Å². The molecule has 3 aromatic rings. The summed E-state index contributed by atoms with van der Waals surface area (Å²) < 4.78 is 33.8. The summed E-state index contributed by atoms with van der Waals surface area (Å²) in [7, 11) is 1.33. The molecule has 4 rings (SSSR count). The van der Waals surface area contributed by atoms with Crippen LogP contribution >= 0.6 is 0 Å². The Kier molecular flexibility index (Phi) is 3.52. The molecule has 1 aliphatic rings. The molecular formula is C17H14F2N4O2. The van der Waals surface area contributed by atoms with Gasteiger partial charge in [0.25, 0.3) is 0 Å². The number of aromatic nitrogens is 2. The van der Waals surface area contributed by atoms with Crippen LogP contribution in [-0.4, -0.2) is 29.7 Å². The number of hydrogen-bond acceptors (Lipinski definition) is 3. The molecule has 1 unspecified atom stereocenters. The van der Waals surface area contributed by atoms with E-state index in [0.717, 1.165) is 23.2 Å². The van der Waals surface area contributed by atoms with Gasteiger partial charge in [0.05, 0.1) is 30.5 Å². The zero-order valence-corrected chi connectivity index (χ0v) is 13.2. The van der Waals surface area contributed by atoms with Gasteiger partial charge < -0.3 is 15.0 Å². The van der Waals surface area contributed by atoms with Gasteiger partial charge in [-0.2, -0.15) is 0 Å². The molecule has 0 radical (unpaired) electrons. The number of benzene rings is 2. The Bertz CT molecular complexity index is 949. The molecule has 2 N–H and O–H groups in total. The fraction of sp³-hybridized carbons (Fsp3) is 0.176. The summed E-state index contributed by atoms with van der Waals surface area (Å²) in [5.41, 5.74) is 1.81. The van der Waals surface area contributed by atoms with Gasteiger partial charge in [0, 0.05) is 29.9 Å². The Labute approximate surface area is 141 Å². The molecule has 0 saturated carbocycles. The van der Waals surface area contributed by atoms with E-state index in [2.05, 4.69) is 15.3 Å². The number of amides is 2. The molecule has 128 valence electrons.